The number of anilines is 1. The number of halogens is 3. The van der Waals surface area contributed by atoms with E-state index in [1.54, 1.807) is 18.2 Å². The third-order valence-electron chi connectivity index (χ3n) is 6.59. The first-order valence-electron chi connectivity index (χ1n) is 11.0. The van der Waals surface area contributed by atoms with E-state index in [1.165, 1.54) is 24.0 Å². The van der Waals surface area contributed by atoms with Crippen LogP contribution in [0.5, 0.6) is 11.5 Å². The van der Waals surface area contributed by atoms with Gasteiger partial charge in [-0.3, -0.25) is 14.4 Å². The number of fused-ring (bicyclic) bond motifs is 1. The molecule has 6 rings (SSSR count). The first-order valence-corrected chi connectivity index (χ1v) is 11.8. The Morgan fingerprint density at radius 1 is 1.11 bits per heavy atom. The zero-order valence-corrected chi connectivity index (χ0v) is 20.2. The number of ether oxygens (including phenoxy) is 2. The van der Waals surface area contributed by atoms with Gasteiger partial charge in [-0.2, -0.15) is 0 Å². The minimum absolute atomic E-state index is 0.0238. The number of benzene rings is 2. The van der Waals surface area contributed by atoms with Gasteiger partial charge in [0.2, 0.25) is 5.91 Å². The lowest BCUT2D eigenvalue weighted by Crippen LogP contribution is -2.84. The first-order chi connectivity index (χ1) is 16.6. The van der Waals surface area contributed by atoms with E-state index in [-0.39, 0.29) is 47.2 Å². The molecule has 3 aliphatic carbocycles. The van der Waals surface area contributed by atoms with Crippen LogP contribution in [-0.4, -0.2) is 48.1 Å². The van der Waals surface area contributed by atoms with Crippen molar-refractivity contribution in [1.82, 2.24) is 10.6 Å². The second-order valence-corrected chi connectivity index (χ2v) is 10.2. The SMILES string of the molecule is CC(=O)N1CC(C(=O)NC23CC(NC(=O)COc4ccc(Cl)c(F)c4)(C2)C3)Oc2ccc(Cl)cc21. The van der Waals surface area contributed by atoms with E-state index >= 15 is 0 Å². The molecule has 1 aliphatic heterocycles. The lowest BCUT2D eigenvalue weighted by atomic mass is 9.44. The smallest absolute Gasteiger partial charge is 0.263 e. The minimum Gasteiger partial charge on any atom is -0.484 e. The van der Waals surface area contributed by atoms with Gasteiger partial charge in [-0.25, -0.2) is 4.39 Å². The molecule has 184 valence electrons. The van der Waals surface area contributed by atoms with Gasteiger partial charge in [0.1, 0.15) is 17.3 Å². The molecule has 2 bridgehead atoms. The van der Waals surface area contributed by atoms with Gasteiger partial charge in [-0.15, -0.1) is 0 Å². The molecular weight excluding hydrogens is 500 g/mol. The zero-order valence-electron chi connectivity index (χ0n) is 18.7. The molecule has 0 aromatic heterocycles. The number of carbonyl (C=O) groups is 3. The Hall–Kier alpha value is -3.04. The summed E-state index contributed by atoms with van der Waals surface area (Å²) in [5, 5.41) is 6.42. The molecule has 1 unspecified atom stereocenters. The quantitative estimate of drug-likeness (QED) is 0.608. The molecule has 3 fully saturated rings. The van der Waals surface area contributed by atoms with Crippen molar-refractivity contribution in [3.8, 4) is 11.5 Å². The summed E-state index contributed by atoms with van der Waals surface area (Å²) in [6.45, 7) is 1.24. The van der Waals surface area contributed by atoms with Crippen molar-refractivity contribution in [3.63, 3.8) is 0 Å². The molecule has 0 radical (unpaired) electrons. The molecule has 0 spiro atoms. The van der Waals surface area contributed by atoms with Crippen LogP contribution in [0, 0.1) is 5.82 Å². The molecule has 2 aromatic rings. The average Bonchev–Trinajstić information content (AvgIpc) is 2.76. The van der Waals surface area contributed by atoms with Gasteiger partial charge in [0.05, 0.1) is 17.3 Å². The number of hydrogen-bond acceptors (Lipinski definition) is 5. The van der Waals surface area contributed by atoms with E-state index in [4.69, 9.17) is 32.7 Å². The second kappa shape index (κ2) is 8.57. The Morgan fingerprint density at radius 2 is 1.83 bits per heavy atom. The molecular formula is C24H22Cl2FN3O5. The van der Waals surface area contributed by atoms with Gasteiger partial charge >= 0.3 is 0 Å². The highest BCUT2D eigenvalue weighted by molar-refractivity contribution is 6.31. The van der Waals surface area contributed by atoms with E-state index in [9.17, 15) is 18.8 Å². The summed E-state index contributed by atoms with van der Waals surface area (Å²) in [7, 11) is 0. The highest BCUT2D eigenvalue weighted by Crippen LogP contribution is 2.60. The lowest BCUT2D eigenvalue weighted by Gasteiger charge is -2.70. The summed E-state index contributed by atoms with van der Waals surface area (Å²) in [6, 6.07) is 8.87. The number of amides is 3. The molecule has 2 N–H and O–H groups in total. The van der Waals surface area contributed by atoms with Gasteiger partial charge in [0, 0.05) is 29.1 Å². The molecule has 1 heterocycles. The molecule has 8 nitrogen and oxygen atoms in total. The van der Waals surface area contributed by atoms with Crippen LogP contribution in [0.15, 0.2) is 36.4 Å². The highest BCUT2D eigenvalue weighted by Gasteiger charge is 2.69. The van der Waals surface area contributed by atoms with Gasteiger partial charge in [0.25, 0.3) is 11.8 Å². The van der Waals surface area contributed by atoms with Crippen LogP contribution >= 0.6 is 23.2 Å². The highest BCUT2D eigenvalue weighted by atomic mass is 35.5. The zero-order chi connectivity index (χ0) is 25.0. The second-order valence-electron chi connectivity index (χ2n) is 9.34. The number of nitrogens with one attached hydrogen (secondary N) is 2. The van der Waals surface area contributed by atoms with Crippen molar-refractivity contribution in [2.24, 2.45) is 0 Å². The van der Waals surface area contributed by atoms with Crippen LogP contribution in [0.3, 0.4) is 0 Å². The third-order valence-corrected chi connectivity index (χ3v) is 7.13. The maximum atomic E-state index is 13.5. The lowest BCUT2D eigenvalue weighted by molar-refractivity contribution is -0.153. The molecule has 0 saturated heterocycles. The summed E-state index contributed by atoms with van der Waals surface area (Å²) in [5.74, 6) is -0.863. The van der Waals surface area contributed by atoms with Crippen molar-refractivity contribution in [2.75, 3.05) is 18.1 Å². The largest absolute Gasteiger partial charge is 0.484 e. The predicted octanol–water partition coefficient (Wildman–Crippen LogP) is 3.23. The standard InChI is InChI=1S/C24H22Cl2FN3O5/c1-13(31)30-8-20(35-19-5-2-14(25)6-18(19)30)22(33)29-24-10-23(11-24,12-24)28-21(32)9-34-15-3-4-16(26)17(27)7-15/h2-7,20H,8-12H2,1H3,(H,28,32)(H,29,33). The summed E-state index contributed by atoms with van der Waals surface area (Å²) < 4.78 is 24.7. The molecule has 2 aromatic carbocycles. The van der Waals surface area contributed by atoms with Gasteiger partial charge in [-0.05, 0) is 49.6 Å². The number of hydrogen-bond donors (Lipinski definition) is 2. The Bertz CT molecular complexity index is 1220. The van der Waals surface area contributed by atoms with Crippen molar-refractivity contribution in [3.05, 3.63) is 52.3 Å². The van der Waals surface area contributed by atoms with Crippen LogP contribution in [0.4, 0.5) is 10.1 Å². The Morgan fingerprint density at radius 3 is 2.51 bits per heavy atom. The maximum Gasteiger partial charge on any atom is 0.263 e. The van der Waals surface area contributed by atoms with Crippen LogP contribution in [0.1, 0.15) is 26.2 Å². The van der Waals surface area contributed by atoms with Crippen molar-refractivity contribution in [2.45, 2.75) is 43.4 Å². The summed E-state index contributed by atoms with van der Waals surface area (Å²) >= 11 is 11.7. The van der Waals surface area contributed by atoms with Gasteiger partial charge in [0.15, 0.2) is 12.7 Å². The monoisotopic (exact) mass is 521 g/mol. The average molecular weight is 522 g/mol. The number of carbonyl (C=O) groups excluding carboxylic acids is 3. The Balaban J connectivity index is 1.13. The first kappa shape index (κ1) is 23.7. The van der Waals surface area contributed by atoms with Crippen LogP contribution < -0.4 is 25.0 Å². The van der Waals surface area contributed by atoms with E-state index in [2.05, 4.69) is 10.6 Å². The van der Waals surface area contributed by atoms with Crippen LogP contribution in [-0.2, 0) is 14.4 Å². The molecule has 1 atom stereocenters. The molecule has 35 heavy (non-hydrogen) atoms. The van der Waals surface area contributed by atoms with Crippen molar-refractivity contribution in [1.29, 1.82) is 0 Å². The summed E-state index contributed by atoms with van der Waals surface area (Å²) in [5.41, 5.74) is -0.263. The van der Waals surface area contributed by atoms with E-state index in [0.29, 0.717) is 35.7 Å². The molecule has 4 aliphatic rings. The fourth-order valence-electron chi connectivity index (χ4n) is 5.13. The fraction of sp³-hybridized carbons (Fsp3) is 0.375. The molecule has 3 amide bonds. The molecule has 3 saturated carbocycles. The minimum atomic E-state index is -0.861. The third kappa shape index (κ3) is 4.50. The molecule has 11 heteroatoms. The topological polar surface area (TPSA) is 97.0 Å². The normalized spacial score (nSPS) is 25.8. The fourth-order valence-corrected chi connectivity index (χ4v) is 5.42. The predicted molar refractivity (Wildman–Crippen MR) is 126 cm³/mol. The Labute approximate surface area is 210 Å². The number of rotatable bonds is 6. The van der Waals surface area contributed by atoms with Gasteiger partial charge in [-0.1, -0.05) is 23.2 Å². The maximum absolute atomic E-state index is 13.5. The Kier molecular flexibility index (Phi) is 5.80. The van der Waals surface area contributed by atoms with E-state index < -0.39 is 17.5 Å². The van der Waals surface area contributed by atoms with Crippen molar-refractivity contribution >= 4 is 46.6 Å². The van der Waals surface area contributed by atoms with E-state index in [1.807, 2.05) is 0 Å². The number of nitrogens with zero attached hydrogens (tertiary/aromatic N) is 1. The van der Waals surface area contributed by atoms with Crippen LogP contribution in [0.25, 0.3) is 0 Å². The van der Waals surface area contributed by atoms with Crippen LogP contribution in [0.2, 0.25) is 10.0 Å². The summed E-state index contributed by atoms with van der Waals surface area (Å²) in [6.07, 6.45) is 0.896. The van der Waals surface area contributed by atoms with E-state index in [0.717, 1.165) is 6.07 Å². The summed E-state index contributed by atoms with van der Waals surface area (Å²) in [4.78, 5) is 38.9. The van der Waals surface area contributed by atoms with Gasteiger partial charge < -0.3 is 25.0 Å². The van der Waals surface area contributed by atoms with Crippen molar-refractivity contribution < 1.29 is 28.2 Å².